The van der Waals surface area contributed by atoms with Crippen molar-refractivity contribution in [2.75, 3.05) is 11.9 Å². The molecule has 0 radical (unpaired) electrons. The first-order valence-electron chi connectivity index (χ1n) is 8.00. The summed E-state index contributed by atoms with van der Waals surface area (Å²) in [6.45, 7) is 5.53. The highest BCUT2D eigenvalue weighted by Crippen LogP contribution is 2.13. The number of aromatic nitrogens is 2. The highest BCUT2D eigenvalue weighted by atomic mass is 32.1. The van der Waals surface area contributed by atoms with Gasteiger partial charge in [0.15, 0.2) is 11.8 Å². The second-order valence-corrected chi connectivity index (χ2v) is 5.68. The van der Waals surface area contributed by atoms with Crippen LogP contribution in [0.2, 0.25) is 0 Å². The van der Waals surface area contributed by atoms with Crippen LogP contribution in [0.4, 0.5) is 5.69 Å². The van der Waals surface area contributed by atoms with Crippen molar-refractivity contribution in [3.63, 3.8) is 0 Å². The molecule has 0 fully saturated rings. The monoisotopic (exact) mass is 332 g/mol. The number of anilines is 1. The van der Waals surface area contributed by atoms with Crippen LogP contribution in [0.3, 0.4) is 0 Å². The Bertz CT molecular complexity index is 609. The van der Waals surface area contributed by atoms with E-state index >= 15 is 0 Å². The van der Waals surface area contributed by atoms with Crippen LogP contribution in [0.15, 0.2) is 36.7 Å². The Kier molecular flexibility index (Phi) is 6.87. The van der Waals surface area contributed by atoms with Gasteiger partial charge in [-0.05, 0) is 42.8 Å². The lowest BCUT2D eigenvalue weighted by molar-refractivity contribution is 0.221. The van der Waals surface area contributed by atoms with E-state index in [1.165, 1.54) is 5.56 Å². The Morgan fingerprint density at radius 1 is 1.26 bits per heavy atom. The number of benzene rings is 1. The molecule has 1 aromatic heterocycles. The van der Waals surface area contributed by atoms with Crippen LogP contribution in [0.1, 0.15) is 32.3 Å². The molecule has 0 aliphatic rings. The van der Waals surface area contributed by atoms with Gasteiger partial charge in [0.1, 0.15) is 5.75 Å². The largest absolute Gasteiger partial charge is 0.471 e. The van der Waals surface area contributed by atoms with Gasteiger partial charge in [-0.15, -0.1) is 0 Å². The average Bonchev–Trinajstić information content (AvgIpc) is 3.01. The first-order chi connectivity index (χ1) is 11.2. The topological polar surface area (TPSA) is 51.1 Å². The molecular weight excluding hydrogens is 308 g/mol. The summed E-state index contributed by atoms with van der Waals surface area (Å²) in [5, 5.41) is 11.2. The van der Waals surface area contributed by atoms with E-state index in [4.69, 9.17) is 17.0 Å². The molecule has 0 aliphatic carbocycles. The number of ether oxygens (including phenoxy) is 1. The number of nitrogens with zero attached hydrogens (tertiary/aromatic N) is 2. The highest BCUT2D eigenvalue weighted by molar-refractivity contribution is 7.80. The van der Waals surface area contributed by atoms with Gasteiger partial charge < -0.3 is 15.4 Å². The second-order valence-electron chi connectivity index (χ2n) is 5.27. The van der Waals surface area contributed by atoms with Gasteiger partial charge >= 0.3 is 0 Å². The van der Waals surface area contributed by atoms with Crippen molar-refractivity contribution in [2.45, 2.75) is 39.8 Å². The van der Waals surface area contributed by atoms with Crippen molar-refractivity contribution in [1.82, 2.24) is 15.1 Å². The third-order valence-electron chi connectivity index (χ3n) is 3.40. The van der Waals surface area contributed by atoms with E-state index in [-0.39, 0.29) is 0 Å². The molecule has 5 nitrogen and oxygen atoms in total. The fourth-order valence-electron chi connectivity index (χ4n) is 2.01. The molecule has 0 bridgehead atoms. The Labute approximate surface area is 143 Å². The average molecular weight is 332 g/mol. The lowest BCUT2D eigenvalue weighted by atomic mass is 10.2. The molecule has 1 heterocycles. The summed E-state index contributed by atoms with van der Waals surface area (Å²) in [6.07, 6.45) is 6.88. The van der Waals surface area contributed by atoms with Crippen LogP contribution in [-0.2, 0) is 13.2 Å². The van der Waals surface area contributed by atoms with Gasteiger partial charge in [0.2, 0.25) is 0 Å². The van der Waals surface area contributed by atoms with E-state index in [1.807, 2.05) is 18.3 Å². The number of thiocarbonyl (C=S) groups is 1. The number of aryl methyl sites for hydroxylation is 1. The van der Waals surface area contributed by atoms with Gasteiger partial charge in [-0.1, -0.05) is 32.4 Å². The SMILES string of the molecule is CCCCNC(=S)Nc1cnn(COc2ccc(CC)cc2)c1. The van der Waals surface area contributed by atoms with E-state index in [0.717, 1.165) is 37.2 Å². The minimum Gasteiger partial charge on any atom is -0.471 e. The molecular formula is C17H24N4OS. The van der Waals surface area contributed by atoms with Crippen LogP contribution in [0.5, 0.6) is 5.75 Å². The van der Waals surface area contributed by atoms with E-state index in [2.05, 4.69) is 41.7 Å². The van der Waals surface area contributed by atoms with Gasteiger partial charge in [0.05, 0.1) is 18.1 Å². The fraction of sp³-hybridized carbons (Fsp3) is 0.412. The molecule has 2 aromatic rings. The van der Waals surface area contributed by atoms with Gasteiger partial charge in [0.25, 0.3) is 0 Å². The Balaban J connectivity index is 1.78. The zero-order valence-electron chi connectivity index (χ0n) is 13.7. The normalized spacial score (nSPS) is 10.3. The Hall–Kier alpha value is -2.08. The summed E-state index contributed by atoms with van der Waals surface area (Å²) in [6, 6.07) is 8.11. The third-order valence-corrected chi connectivity index (χ3v) is 3.65. The molecule has 0 unspecified atom stereocenters. The molecule has 6 heteroatoms. The lowest BCUT2D eigenvalue weighted by Gasteiger charge is -2.08. The van der Waals surface area contributed by atoms with Crippen molar-refractivity contribution in [1.29, 1.82) is 0 Å². The van der Waals surface area contributed by atoms with Gasteiger partial charge in [0, 0.05) is 6.54 Å². The predicted octanol–water partition coefficient (Wildman–Crippen LogP) is 3.57. The molecule has 1 aromatic carbocycles. The zero-order valence-corrected chi connectivity index (χ0v) is 14.5. The number of hydrogen-bond donors (Lipinski definition) is 2. The molecule has 2 rings (SSSR count). The van der Waals surface area contributed by atoms with Crippen LogP contribution in [0.25, 0.3) is 0 Å². The number of hydrogen-bond acceptors (Lipinski definition) is 3. The van der Waals surface area contributed by atoms with Gasteiger partial charge in [-0.2, -0.15) is 5.10 Å². The van der Waals surface area contributed by atoms with Gasteiger partial charge in [-0.25, -0.2) is 4.68 Å². The summed E-state index contributed by atoms with van der Waals surface area (Å²) in [7, 11) is 0. The second kappa shape index (κ2) is 9.15. The van der Waals surface area contributed by atoms with Crippen LogP contribution >= 0.6 is 12.2 Å². The Morgan fingerprint density at radius 3 is 2.74 bits per heavy atom. The number of unbranched alkanes of at least 4 members (excludes halogenated alkanes) is 1. The van der Waals surface area contributed by atoms with Crippen LogP contribution < -0.4 is 15.4 Å². The predicted molar refractivity (Wildman–Crippen MR) is 97.8 cm³/mol. The van der Waals surface area contributed by atoms with E-state index in [0.29, 0.717) is 11.8 Å². The molecule has 0 spiro atoms. The molecule has 0 atom stereocenters. The molecule has 0 aliphatic heterocycles. The summed E-state index contributed by atoms with van der Waals surface area (Å²) in [5.74, 6) is 0.837. The maximum absolute atomic E-state index is 5.71. The minimum atomic E-state index is 0.364. The third kappa shape index (κ3) is 5.90. The lowest BCUT2D eigenvalue weighted by Crippen LogP contribution is -2.29. The zero-order chi connectivity index (χ0) is 16.5. The maximum Gasteiger partial charge on any atom is 0.180 e. The van der Waals surface area contributed by atoms with Crippen molar-refractivity contribution in [3.8, 4) is 5.75 Å². The van der Waals surface area contributed by atoms with Crippen molar-refractivity contribution in [3.05, 3.63) is 42.2 Å². The number of nitrogens with one attached hydrogen (secondary N) is 2. The fourth-order valence-corrected chi connectivity index (χ4v) is 2.23. The van der Waals surface area contributed by atoms with Gasteiger partial charge in [-0.3, -0.25) is 0 Å². The van der Waals surface area contributed by atoms with E-state index in [1.54, 1.807) is 10.9 Å². The first kappa shape index (κ1) is 17.3. The smallest absolute Gasteiger partial charge is 0.180 e. The van der Waals surface area contributed by atoms with Crippen molar-refractivity contribution >= 4 is 23.0 Å². The van der Waals surface area contributed by atoms with Crippen LogP contribution in [-0.4, -0.2) is 21.4 Å². The van der Waals surface area contributed by atoms with Crippen LogP contribution in [0, 0.1) is 0 Å². The summed E-state index contributed by atoms with van der Waals surface area (Å²) < 4.78 is 7.44. The summed E-state index contributed by atoms with van der Waals surface area (Å²) >= 11 is 5.23. The minimum absolute atomic E-state index is 0.364. The summed E-state index contributed by atoms with van der Waals surface area (Å²) in [5.41, 5.74) is 2.15. The molecule has 0 amide bonds. The Morgan fingerprint density at radius 2 is 2.04 bits per heavy atom. The van der Waals surface area contributed by atoms with Crippen molar-refractivity contribution in [2.24, 2.45) is 0 Å². The highest BCUT2D eigenvalue weighted by Gasteiger charge is 2.02. The molecule has 0 saturated carbocycles. The van der Waals surface area contributed by atoms with Crippen molar-refractivity contribution < 1.29 is 4.74 Å². The quantitative estimate of drug-likeness (QED) is 0.572. The van der Waals surface area contributed by atoms with E-state index < -0.39 is 0 Å². The maximum atomic E-state index is 5.71. The molecule has 0 saturated heterocycles. The number of rotatable bonds is 8. The first-order valence-corrected chi connectivity index (χ1v) is 8.41. The van der Waals surface area contributed by atoms with E-state index in [9.17, 15) is 0 Å². The standard InChI is InChI=1S/C17H24N4OS/c1-3-5-10-18-17(23)20-15-11-19-21(12-15)13-22-16-8-6-14(4-2)7-9-16/h6-9,11-12H,3-5,10,13H2,1-2H3,(H2,18,20,23). The molecule has 124 valence electrons. The summed E-state index contributed by atoms with van der Waals surface area (Å²) in [4.78, 5) is 0. The molecule has 2 N–H and O–H groups in total. The molecule has 23 heavy (non-hydrogen) atoms.